The summed E-state index contributed by atoms with van der Waals surface area (Å²) < 4.78 is 10.8. The molecule has 1 aromatic carbocycles. The predicted octanol–water partition coefficient (Wildman–Crippen LogP) is 3.01. The molecule has 7 nitrogen and oxygen atoms in total. The van der Waals surface area contributed by atoms with Gasteiger partial charge in [0.25, 0.3) is 5.91 Å². The van der Waals surface area contributed by atoms with Gasteiger partial charge in [-0.3, -0.25) is 9.59 Å². The van der Waals surface area contributed by atoms with E-state index >= 15 is 0 Å². The molecule has 0 bridgehead atoms. The highest BCUT2D eigenvalue weighted by Gasteiger charge is 2.32. The van der Waals surface area contributed by atoms with Crippen LogP contribution in [0.3, 0.4) is 0 Å². The Hall–Kier alpha value is -2.67. The third-order valence-electron chi connectivity index (χ3n) is 4.68. The van der Waals surface area contributed by atoms with E-state index in [0.29, 0.717) is 22.8 Å². The minimum Gasteiger partial charge on any atom is -0.496 e. The fourth-order valence-corrected chi connectivity index (χ4v) is 3.21. The van der Waals surface area contributed by atoms with E-state index in [1.165, 1.54) is 18.4 Å². The van der Waals surface area contributed by atoms with Crippen LogP contribution < -0.4 is 15.0 Å². The Morgan fingerprint density at radius 2 is 2.15 bits per heavy atom. The third kappa shape index (κ3) is 4.03. The molecule has 2 amide bonds. The number of hydrogen-bond donors (Lipinski definition) is 1. The standard InChI is InChI=1S/C20H25N3O4/c1-13(2)19(24)23(20(25)16-6-4-5-9-22-16)14-7-8-15(17(10-14)26-3)18-11-21-12-27-18/h7-8,10-13,16,22H,4-6,9H2,1-3H3. The average Bonchev–Trinajstić information content (AvgIpc) is 3.23. The maximum atomic E-state index is 13.1. The monoisotopic (exact) mass is 371 g/mol. The Morgan fingerprint density at radius 3 is 2.74 bits per heavy atom. The number of amides is 2. The molecule has 7 heteroatoms. The van der Waals surface area contributed by atoms with Crippen molar-refractivity contribution in [1.29, 1.82) is 0 Å². The highest BCUT2D eigenvalue weighted by Crippen LogP contribution is 2.34. The zero-order chi connectivity index (χ0) is 19.4. The van der Waals surface area contributed by atoms with Gasteiger partial charge in [0, 0.05) is 12.0 Å². The van der Waals surface area contributed by atoms with Gasteiger partial charge in [0.15, 0.2) is 12.2 Å². The van der Waals surface area contributed by atoms with Crippen LogP contribution in [0.4, 0.5) is 5.69 Å². The first-order chi connectivity index (χ1) is 13.0. The largest absolute Gasteiger partial charge is 0.496 e. The van der Waals surface area contributed by atoms with Gasteiger partial charge in [-0.2, -0.15) is 0 Å². The molecular weight excluding hydrogens is 346 g/mol. The number of nitrogens with zero attached hydrogens (tertiary/aromatic N) is 2. The molecule has 1 saturated heterocycles. The second-order valence-corrected chi connectivity index (χ2v) is 6.92. The molecule has 1 N–H and O–H groups in total. The van der Waals surface area contributed by atoms with Gasteiger partial charge in [-0.05, 0) is 31.5 Å². The van der Waals surface area contributed by atoms with Crippen LogP contribution in [-0.4, -0.2) is 36.5 Å². The number of ether oxygens (including phenoxy) is 1. The van der Waals surface area contributed by atoms with Gasteiger partial charge in [0.05, 0.1) is 30.6 Å². The van der Waals surface area contributed by atoms with Crippen molar-refractivity contribution in [2.24, 2.45) is 5.92 Å². The second kappa shape index (κ2) is 8.35. The van der Waals surface area contributed by atoms with Gasteiger partial charge >= 0.3 is 0 Å². The van der Waals surface area contributed by atoms with Crippen molar-refractivity contribution >= 4 is 17.5 Å². The number of oxazole rings is 1. The van der Waals surface area contributed by atoms with E-state index in [2.05, 4.69) is 10.3 Å². The summed E-state index contributed by atoms with van der Waals surface area (Å²) in [5, 5.41) is 3.23. The number of piperidine rings is 1. The summed E-state index contributed by atoms with van der Waals surface area (Å²) >= 11 is 0. The molecule has 1 unspecified atom stereocenters. The van der Waals surface area contributed by atoms with Crippen LogP contribution in [0.2, 0.25) is 0 Å². The first-order valence-electron chi connectivity index (χ1n) is 9.21. The normalized spacial score (nSPS) is 17.0. The molecule has 0 spiro atoms. The van der Waals surface area contributed by atoms with Gasteiger partial charge in [-0.15, -0.1) is 0 Å². The number of methoxy groups -OCH3 is 1. The van der Waals surface area contributed by atoms with Crippen molar-refractivity contribution in [3.63, 3.8) is 0 Å². The molecule has 2 heterocycles. The molecule has 144 valence electrons. The van der Waals surface area contributed by atoms with E-state index in [1.54, 1.807) is 38.2 Å². The first-order valence-corrected chi connectivity index (χ1v) is 9.21. The lowest BCUT2D eigenvalue weighted by molar-refractivity contribution is -0.129. The number of benzene rings is 1. The number of anilines is 1. The van der Waals surface area contributed by atoms with Crippen LogP contribution in [0, 0.1) is 5.92 Å². The smallest absolute Gasteiger partial charge is 0.250 e. The minimum absolute atomic E-state index is 0.220. The van der Waals surface area contributed by atoms with Crippen molar-refractivity contribution in [3.8, 4) is 17.1 Å². The molecule has 1 aliphatic rings. The van der Waals surface area contributed by atoms with Crippen molar-refractivity contribution < 1.29 is 18.7 Å². The van der Waals surface area contributed by atoms with Gasteiger partial charge in [0.2, 0.25) is 5.91 Å². The molecular formula is C20H25N3O4. The Balaban J connectivity index is 1.98. The zero-order valence-corrected chi connectivity index (χ0v) is 15.9. The number of imide groups is 1. The van der Waals surface area contributed by atoms with Crippen LogP contribution in [0.15, 0.2) is 35.2 Å². The quantitative estimate of drug-likeness (QED) is 0.870. The van der Waals surface area contributed by atoms with Gasteiger partial charge in [-0.1, -0.05) is 20.3 Å². The maximum Gasteiger partial charge on any atom is 0.250 e. The maximum absolute atomic E-state index is 13.1. The number of aromatic nitrogens is 1. The van der Waals surface area contributed by atoms with Gasteiger partial charge in [-0.25, -0.2) is 9.88 Å². The second-order valence-electron chi connectivity index (χ2n) is 6.92. The summed E-state index contributed by atoms with van der Waals surface area (Å²) in [7, 11) is 1.54. The Kier molecular flexibility index (Phi) is 5.91. The molecule has 3 rings (SSSR count). The SMILES string of the molecule is COc1cc(N(C(=O)C(C)C)C(=O)C2CCCCN2)ccc1-c1cnco1. The molecule has 1 fully saturated rings. The molecule has 27 heavy (non-hydrogen) atoms. The molecule has 1 aromatic heterocycles. The number of rotatable bonds is 5. The number of hydrogen-bond acceptors (Lipinski definition) is 6. The Labute approximate surface area is 158 Å². The summed E-state index contributed by atoms with van der Waals surface area (Å²) in [6.07, 6.45) is 5.68. The first kappa shape index (κ1) is 19.1. The van der Waals surface area contributed by atoms with Gasteiger partial charge < -0.3 is 14.5 Å². The lowest BCUT2D eigenvalue weighted by Gasteiger charge is -2.30. The van der Waals surface area contributed by atoms with Crippen LogP contribution in [-0.2, 0) is 9.59 Å². The number of carbonyl (C=O) groups excluding carboxylic acids is 2. The minimum atomic E-state index is -0.346. The van der Waals surface area contributed by atoms with E-state index in [0.717, 1.165) is 25.8 Å². The summed E-state index contributed by atoms with van der Waals surface area (Å²) in [5.74, 6) is 0.304. The summed E-state index contributed by atoms with van der Waals surface area (Å²) in [4.78, 5) is 31.2. The van der Waals surface area contributed by atoms with Crippen molar-refractivity contribution in [3.05, 3.63) is 30.8 Å². The molecule has 1 aliphatic heterocycles. The van der Waals surface area contributed by atoms with Crippen LogP contribution in [0.25, 0.3) is 11.3 Å². The van der Waals surface area contributed by atoms with E-state index in [4.69, 9.17) is 9.15 Å². The Bertz CT molecular complexity index is 796. The summed E-state index contributed by atoms with van der Waals surface area (Å²) in [5.41, 5.74) is 1.20. The van der Waals surface area contributed by atoms with Crippen molar-refractivity contribution in [1.82, 2.24) is 10.3 Å². The topological polar surface area (TPSA) is 84.7 Å². The fraction of sp³-hybridized carbons (Fsp3) is 0.450. The van der Waals surface area contributed by atoms with E-state index in [9.17, 15) is 9.59 Å². The summed E-state index contributed by atoms with van der Waals surface area (Å²) in [6, 6.07) is 4.86. The van der Waals surface area contributed by atoms with E-state index < -0.39 is 0 Å². The molecule has 2 aromatic rings. The highest BCUT2D eigenvalue weighted by molar-refractivity contribution is 6.17. The zero-order valence-electron chi connectivity index (χ0n) is 15.9. The predicted molar refractivity (Wildman–Crippen MR) is 101 cm³/mol. The lowest BCUT2D eigenvalue weighted by Crippen LogP contribution is -2.51. The third-order valence-corrected chi connectivity index (χ3v) is 4.68. The molecule has 0 radical (unpaired) electrons. The van der Waals surface area contributed by atoms with E-state index in [1.807, 2.05) is 0 Å². The van der Waals surface area contributed by atoms with Crippen LogP contribution >= 0.6 is 0 Å². The molecule has 0 aliphatic carbocycles. The molecule has 0 saturated carbocycles. The highest BCUT2D eigenvalue weighted by atomic mass is 16.5. The Morgan fingerprint density at radius 1 is 1.33 bits per heavy atom. The van der Waals surface area contributed by atoms with Crippen molar-refractivity contribution in [2.45, 2.75) is 39.2 Å². The van der Waals surface area contributed by atoms with Crippen molar-refractivity contribution in [2.75, 3.05) is 18.6 Å². The summed E-state index contributed by atoms with van der Waals surface area (Å²) in [6.45, 7) is 4.36. The van der Waals surface area contributed by atoms with Crippen LogP contribution in [0.5, 0.6) is 5.75 Å². The van der Waals surface area contributed by atoms with E-state index in [-0.39, 0.29) is 23.8 Å². The molecule has 1 atom stereocenters. The number of carbonyl (C=O) groups is 2. The fourth-order valence-electron chi connectivity index (χ4n) is 3.21. The average molecular weight is 371 g/mol. The van der Waals surface area contributed by atoms with Crippen LogP contribution in [0.1, 0.15) is 33.1 Å². The van der Waals surface area contributed by atoms with Gasteiger partial charge in [0.1, 0.15) is 5.75 Å². The lowest BCUT2D eigenvalue weighted by atomic mass is 10.0. The number of nitrogens with one attached hydrogen (secondary N) is 1.